The summed E-state index contributed by atoms with van der Waals surface area (Å²) in [6, 6.07) is 4.04. The topological polar surface area (TPSA) is 250 Å². The normalized spacial score (nSPS) is 10.7. The van der Waals surface area contributed by atoms with Crippen LogP contribution in [0.15, 0.2) is 12.1 Å². The highest BCUT2D eigenvalue weighted by Gasteiger charge is 2.13. The van der Waals surface area contributed by atoms with Crippen LogP contribution in [0, 0.1) is 41.0 Å². The van der Waals surface area contributed by atoms with Crippen molar-refractivity contribution in [3.05, 3.63) is 65.2 Å². The fourth-order valence-corrected chi connectivity index (χ4v) is 2.52. The Kier molecular flexibility index (Phi) is 26.3. The van der Waals surface area contributed by atoms with Crippen LogP contribution in [-0.4, -0.2) is 91.8 Å². The third-order valence-electron chi connectivity index (χ3n) is 4.03. The largest absolute Gasteiger partial charge is 0.456 e. The predicted molar refractivity (Wildman–Crippen MR) is 162 cm³/mol. The molecular weight excluding hydrogens is 712 g/mol. The Labute approximate surface area is 282 Å². The molecule has 0 saturated carbocycles. The number of aliphatic hydroxyl groups excluding tert-OH is 1. The second-order valence-corrected chi connectivity index (χ2v) is 9.49. The molecule has 0 saturated heterocycles. The number of halogens is 5. The van der Waals surface area contributed by atoms with Gasteiger partial charge in [0.2, 0.25) is 0 Å². The molecule has 0 amide bonds. The SMILES string of the molecule is CCC(CO[N+](=O)[O-])Oc1nnc(Cl)nn1.CCC(O)CO[N+](=O)[O-].Cc1cc(C)nc(C)c1.ClCCl.Clc1nnc(Cl)nn1. The Morgan fingerprint density at radius 3 is 1.47 bits per heavy atom. The molecule has 3 rings (SSSR count). The molecule has 1 N–H and O–H groups in total. The van der Waals surface area contributed by atoms with Crippen molar-refractivity contribution in [2.75, 3.05) is 18.6 Å². The van der Waals surface area contributed by atoms with Crippen LogP contribution in [0.3, 0.4) is 0 Å². The Hall–Kier alpha value is -3.36. The summed E-state index contributed by atoms with van der Waals surface area (Å²) in [7, 11) is 0. The van der Waals surface area contributed by atoms with Crippen molar-refractivity contribution in [1.82, 2.24) is 45.8 Å². The molecule has 3 aromatic heterocycles. The zero-order chi connectivity index (χ0) is 34.8. The summed E-state index contributed by atoms with van der Waals surface area (Å²) in [6.07, 6.45) is -0.321. The van der Waals surface area contributed by atoms with Crippen LogP contribution >= 0.6 is 58.0 Å². The van der Waals surface area contributed by atoms with Gasteiger partial charge in [-0.15, -0.1) is 74.0 Å². The number of nitrogens with zero attached hydrogens (tertiary/aromatic N) is 11. The number of ether oxygens (including phenoxy) is 1. The molecular formula is C21H30Cl5N11O8. The molecule has 2 unspecified atom stereocenters. The molecule has 0 aliphatic rings. The van der Waals surface area contributed by atoms with Crippen molar-refractivity contribution >= 4 is 58.0 Å². The smallest absolute Gasteiger partial charge is 0.355 e. The van der Waals surface area contributed by atoms with E-state index in [1.165, 1.54) is 5.56 Å². The van der Waals surface area contributed by atoms with E-state index in [4.69, 9.17) is 67.8 Å². The molecule has 0 fully saturated rings. The van der Waals surface area contributed by atoms with Gasteiger partial charge < -0.3 is 19.5 Å². The number of hydrogen-bond acceptors (Lipinski definition) is 17. The van der Waals surface area contributed by atoms with E-state index in [0.717, 1.165) is 11.4 Å². The van der Waals surface area contributed by atoms with Crippen LogP contribution in [0.4, 0.5) is 0 Å². The molecule has 0 aliphatic heterocycles. The Balaban J connectivity index is 0. The molecule has 19 nitrogen and oxygen atoms in total. The van der Waals surface area contributed by atoms with Crippen molar-refractivity contribution in [2.45, 2.75) is 59.7 Å². The van der Waals surface area contributed by atoms with E-state index in [1.54, 1.807) is 13.8 Å². The average Bonchev–Trinajstić information content (AvgIpc) is 2.97. The molecule has 2 atom stereocenters. The van der Waals surface area contributed by atoms with E-state index in [1.807, 2.05) is 13.8 Å². The van der Waals surface area contributed by atoms with Gasteiger partial charge in [0, 0.05) is 11.4 Å². The van der Waals surface area contributed by atoms with Gasteiger partial charge in [-0.25, -0.2) is 0 Å². The molecule has 3 heterocycles. The highest BCUT2D eigenvalue weighted by molar-refractivity contribution is 6.40. The molecule has 0 spiro atoms. The number of hydrogen-bond donors (Lipinski definition) is 1. The van der Waals surface area contributed by atoms with Gasteiger partial charge >= 0.3 is 6.01 Å². The number of aryl methyl sites for hydroxylation is 3. The number of aliphatic hydroxyl groups is 1. The minimum absolute atomic E-state index is 0.00519. The van der Waals surface area contributed by atoms with E-state index in [9.17, 15) is 20.2 Å². The fraction of sp³-hybridized carbons (Fsp3) is 0.571. The van der Waals surface area contributed by atoms with Gasteiger partial charge in [0.15, 0.2) is 0 Å². The van der Waals surface area contributed by atoms with E-state index < -0.39 is 22.4 Å². The number of alkyl halides is 2. The third-order valence-corrected chi connectivity index (χ3v) is 4.48. The standard InChI is InChI=1S/C8H11N.C6H8ClN5O4.C4H9NO4.C2Cl2N4.CH2Cl2/c1-6-4-7(2)9-8(3)5-6;1-2-4(3-15-12(13)14)16-6-10-8-5(7)9-11-6;1-2-4(6)3-9-5(7)8;3-1-5-7-2(4)8-6-1;2-1-3/h4-5H,1-3H3;4H,2-3H2,1H3;4,6H,2-3H2,1H3;;1H2. The van der Waals surface area contributed by atoms with E-state index in [2.05, 4.69) is 74.5 Å². The molecule has 0 aromatic carbocycles. The lowest BCUT2D eigenvalue weighted by molar-refractivity contribution is -0.759. The summed E-state index contributed by atoms with van der Waals surface area (Å²) in [5, 5.41) is 53.3. The maximum atomic E-state index is 9.97. The molecule has 252 valence electrons. The number of pyridine rings is 1. The summed E-state index contributed by atoms with van der Waals surface area (Å²) in [5.41, 5.74) is 3.50. The lowest BCUT2D eigenvalue weighted by atomic mass is 10.2. The van der Waals surface area contributed by atoms with E-state index in [-0.39, 0.29) is 40.4 Å². The van der Waals surface area contributed by atoms with E-state index in [0.29, 0.717) is 12.8 Å². The first-order valence-corrected chi connectivity index (χ1v) is 14.4. The molecule has 3 aromatic rings. The maximum Gasteiger partial charge on any atom is 0.355 e. The van der Waals surface area contributed by atoms with E-state index >= 15 is 0 Å². The Morgan fingerprint density at radius 1 is 0.756 bits per heavy atom. The van der Waals surface area contributed by atoms with Crippen LogP contribution < -0.4 is 4.74 Å². The summed E-state index contributed by atoms with van der Waals surface area (Å²) in [6.45, 7) is 9.15. The van der Waals surface area contributed by atoms with Crippen LogP contribution in [0.25, 0.3) is 0 Å². The molecule has 0 bridgehead atoms. The van der Waals surface area contributed by atoms with Crippen LogP contribution in [0.5, 0.6) is 6.01 Å². The number of aromatic nitrogens is 9. The highest BCUT2D eigenvalue weighted by atomic mass is 35.5. The summed E-state index contributed by atoms with van der Waals surface area (Å²) < 4.78 is 5.13. The average molecular weight is 742 g/mol. The third kappa shape index (κ3) is 27.9. The lowest BCUT2D eigenvalue weighted by Gasteiger charge is -2.13. The minimum atomic E-state index is -0.918. The van der Waals surface area contributed by atoms with Gasteiger partial charge in [-0.05, 0) is 86.1 Å². The second kappa shape index (κ2) is 27.0. The Morgan fingerprint density at radius 2 is 1.13 bits per heavy atom. The first kappa shape index (κ1) is 43.8. The van der Waals surface area contributed by atoms with Crippen LogP contribution in [0.2, 0.25) is 15.9 Å². The fourth-order valence-electron chi connectivity index (χ4n) is 2.30. The minimum Gasteiger partial charge on any atom is -0.456 e. The maximum absolute atomic E-state index is 9.97. The van der Waals surface area contributed by atoms with Gasteiger partial charge in [0.05, 0.1) is 11.4 Å². The quantitative estimate of drug-likeness (QED) is 0.173. The van der Waals surface area contributed by atoms with Crippen LogP contribution in [0.1, 0.15) is 43.6 Å². The van der Waals surface area contributed by atoms with Crippen molar-refractivity contribution < 1.29 is 29.7 Å². The molecule has 24 heteroatoms. The molecule has 0 radical (unpaired) electrons. The van der Waals surface area contributed by atoms with Crippen molar-refractivity contribution in [2.24, 2.45) is 0 Å². The predicted octanol–water partition coefficient (Wildman–Crippen LogP) is 4.25. The van der Waals surface area contributed by atoms with Crippen molar-refractivity contribution in [3.63, 3.8) is 0 Å². The first-order chi connectivity index (χ1) is 21.2. The summed E-state index contributed by atoms with van der Waals surface area (Å²) >= 11 is 25.3. The second-order valence-electron chi connectivity index (χ2n) is 7.67. The van der Waals surface area contributed by atoms with Gasteiger partial charge in [-0.1, -0.05) is 24.0 Å². The van der Waals surface area contributed by atoms with Gasteiger partial charge in [-0.2, -0.15) is 0 Å². The van der Waals surface area contributed by atoms with Crippen LogP contribution in [-0.2, 0) is 9.68 Å². The summed E-state index contributed by atoms with van der Waals surface area (Å²) in [5.74, 6) is 0. The highest BCUT2D eigenvalue weighted by Crippen LogP contribution is 2.06. The summed E-state index contributed by atoms with van der Waals surface area (Å²) in [4.78, 5) is 31.7. The zero-order valence-corrected chi connectivity index (χ0v) is 28.2. The monoisotopic (exact) mass is 739 g/mol. The van der Waals surface area contributed by atoms with Gasteiger partial charge in [0.1, 0.15) is 19.3 Å². The molecule has 45 heavy (non-hydrogen) atoms. The zero-order valence-electron chi connectivity index (χ0n) is 24.5. The first-order valence-electron chi connectivity index (χ1n) is 12.2. The van der Waals surface area contributed by atoms with Crippen molar-refractivity contribution in [1.29, 1.82) is 0 Å². The molecule has 0 aliphatic carbocycles. The lowest BCUT2D eigenvalue weighted by Crippen LogP contribution is -2.25. The Bertz CT molecular complexity index is 1150. The van der Waals surface area contributed by atoms with Gasteiger partial charge in [0.25, 0.3) is 26.0 Å². The van der Waals surface area contributed by atoms with Crippen molar-refractivity contribution in [3.8, 4) is 6.01 Å². The van der Waals surface area contributed by atoms with Gasteiger partial charge in [-0.3, -0.25) is 4.98 Å². The number of rotatable bonds is 10.